The van der Waals surface area contributed by atoms with Gasteiger partial charge in [0.15, 0.2) is 0 Å². The maximum absolute atomic E-state index is 12.3. The predicted octanol–water partition coefficient (Wildman–Crippen LogP) is 2.41. The molecule has 5 heteroatoms. The van der Waals surface area contributed by atoms with Crippen molar-refractivity contribution in [1.29, 1.82) is 0 Å². The normalized spacial score (nSPS) is 17.4. The van der Waals surface area contributed by atoms with E-state index in [9.17, 15) is 9.90 Å². The SMILES string of the molecule is CN(CC1(O)CCCC1)C(=O)c1ccc(N)c(Br)c1. The van der Waals surface area contributed by atoms with Crippen LogP contribution in [0.5, 0.6) is 0 Å². The Balaban J connectivity index is 2.08. The Labute approximate surface area is 121 Å². The second-order valence-electron chi connectivity index (χ2n) is 5.33. The average Bonchev–Trinajstić information content (AvgIpc) is 2.78. The van der Waals surface area contributed by atoms with E-state index in [0.717, 1.165) is 25.7 Å². The summed E-state index contributed by atoms with van der Waals surface area (Å²) in [6.07, 6.45) is 3.62. The number of nitrogen functional groups attached to an aromatic ring is 1. The fraction of sp³-hybridized carbons (Fsp3) is 0.500. The Kier molecular flexibility index (Phi) is 4.16. The molecule has 1 aliphatic rings. The van der Waals surface area contributed by atoms with E-state index < -0.39 is 5.60 Å². The van der Waals surface area contributed by atoms with Crippen molar-refractivity contribution in [3.8, 4) is 0 Å². The van der Waals surface area contributed by atoms with E-state index in [1.54, 1.807) is 30.1 Å². The third kappa shape index (κ3) is 3.28. The van der Waals surface area contributed by atoms with Gasteiger partial charge in [-0.25, -0.2) is 0 Å². The summed E-state index contributed by atoms with van der Waals surface area (Å²) in [5.74, 6) is -0.0963. The van der Waals surface area contributed by atoms with E-state index in [1.807, 2.05) is 0 Å². The van der Waals surface area contributed by atoms with E-state index in [0.29, 0.717) is 22.3 Å². The van der Waals surface area contributed by atoms with Crippen molar-refractivity contribution < 1.29 is 9.90 Å². The smallest absolute Gasteiger partial charge is 0.253 e. The highest BCUT2D eigenvalue weighted by atomic mass is 79.9. The molecule has 0 saturated heterocycles. The highest BCUT2D eigenvalue weighted by Crippen LogP contribution is 2.30. The Bertz CT molecular complexity index is 484. The highest BCUT2D eigenvalue weighted by Gasteiger charge is 2.33. The topological polar surface area (TPSA) is 66.6 Å². The number of carbonyl (C=O) groups excluding carboxylic acids is 1. The molecule has 0 aliphatic heterocycles. The van der Waals surface area contributed by atoms with Gasteiger partial charge in [0.2, 0.25) is 0 Å². The molecule has 0 spiro atoms. The van der Waals surface area contributed by atoms with Crippen LogP contribution >= 0.6 is 15.9 Å². The Morgan fingerprint density at radius 3 is 2.68 bits per heavy atom. The first kappa shape index (κ1) is 14.3. The lowest BCUT2D eigenvalue weighted by atomic mass is 10.0. The third-order valence-corrected chi connectivity index (χ3v) is 4.35. The van der Waals surface area contributed by atoms with Gasteiger partial charge in [0.25, 0.3) is 5.91 Å². The van der Waals surface area contributed by atoms with Crippen molar-refractivity contribution >= 4 is 27.5 Å². The summed E-state index contributed by atoms with van der Waals surface area (Å²) >= 11 is 3.32. The van der Waals surface area contributed by atoms with Crippen LogP contribution in [0.25, 0.3) is 0 Å². The van der Waals surface area contributed by atoms with Crippen LogP contribution in [0.4, 0.5) is 5.69 Å². The molecular weight excluding hydrogens is 308 g/mol. The second kappa shape index (κ2) is 5.51. The number of amides is 1. The second-order valence-corrected chi connectivity index (χ2v) is 6.18. The van der Waals surface area contributed by atoms with Crippen molar-refractivity contribution in [2.24, 2.45) is 0 Å². The molecule has 0 aromatic heterocycles. The number of rotatable bonds is 3. The van der Waals surface area contributed by atoms with E-state index in [2.05, 4.69) is 15.9 Å². The van der Waals surface area contributed by atoms with Crippen LogP contribution in [-0.2, 0) is 0 Å². The number of benzene rings is 1. The number of aliphatic hydroxyl groups is 1. The van der Waals surface area contributed by atoms with E-state index in [4.69, 9.17) is 5.73 Å². The minimum Gasteiger partial charge on any atom is -0.398 e. The molecule has 1 aromatic carbocycles. The first-order valence-corrected chi connectivity index (χ1v) is 7.23. The Hall–Kier alpha value is -1.07. The zero-order chi connectivity index (χ0) is 14.0. The number of anilines is 1. The number of nitrogens with zero attached hydrogens (tertiary/aromatic N) is 1. The van der Waals surface area contributed by atoms with Crippen LogP contribution in [0.2, 0.25) is 0 Å². The van der Waals surface area contributed by atoms with E-state index in [1.165, 1.54) is 0 Å². The lowest BCUT2D eigenvalue weighted by Crippen LogP contribution is -2.42. The monoisotopic (exact) mass is 326 g/mol. The first-order chi connectivity index (χ1) is 8.91. The largest absolute Gasteiger partial charge is 0.398 e. The lowest BCUT2D eigenvalue weighted by Gasteiger charge is -2.28. The van der Waals surface area contributed by atoms with Gasteiger partial charge in [-0.05, 0) is 47.0 Å². The molecule has 0 atom stereocenters. The molecule has 0 radical (unpaired) electrons. The molecule has 3 N–H and O–H groups in total. The number of likely N-dealkylation sites (N-methyl/N-ethyl adjacent to an activating group) is 1. The molecule has 1 amide bonds. The van der Waals surface area contributed by atoms with Gasteiger partial charge in [0.05, 0.1) is 5.60 Å². The number of carbonyl (C=O) groups is 1. The molecule has 1 fully saturated rings. The van der Waals surface area contributed by atoms with Gasteiger partial charge < -0.3 is 15.7 Å². The van der Waals surface area contributed by atoms with Crippen molar-refractivity contribution in [1.82, 2.24) is 4.90 Å². The average molecular weight is 327 g/mol. The zero-order valence-electron chi connectivity index (χ0n) is 11.0. The summed E-state index contributed by atoms with van der Waals surface area (Å²) in [5, 5.41) is 10.3. The van der Waals surface area contributed by atoms with Crippen LogP contribution in [0.3, 0.4) is 0 Å². The molecule has 0 unspecified atom stereocenters. The molecule has 1 aromatic rings. The molecule has 104 valence electrons. The molecule has 0 bridgehead atoms. The van der Waals surface area contributed by atoms with Crippen LogP contribution in [0.1, 0.15) is 36.0 Å². The fourth-order valence-electron chi connectivity index (χ4n) is 2.59. The van der Waals surface area contributed by atoms with Gasteiger partial charge in [0.1, 0.15) is 0 Å². The van der Waals surface area contributed by atoms with Crippen molar-refractivity contribution in [2.45, 2.75) is 31.3 Å². The molecule has 1 aliphatic carbocycles. The maximum Gasteiger partial charge on any atom is 0.253 e. The summed E-state index contributed by atoms with van der Waals surface area (Å²) in [5.41, 5.74) is 6.17. The molecule has 1 saturated carbocycles. The lowest BCUT2D eigenvalue weighted by molar-refractivity contribution is 0.0157. The van der Waals surface area contributed by atoms with Gasteiger partial charge in [-0.15, -0.1) is 0 Å². The fourth-order valence-corrected chi connectivity index (χ4v) is 2.96. The Morgan fingerprint density at radius 1 is 1.47 bits per heavy atom. The Morgan fingerprint density at radius 2 is 2.11 bits per heavy atom. The first-order valence-electron chi connectivity index (χ1n) is 6.44. The van der Waals surface area contributed by atoms with Gasteiger partial charge in [-0.2, -0.15) is 0 Å². The molecule has 2 rings (SSSR count). The van der Waals surface area contributed by atoms with Gasteiger partial charge in [0, 0.05) is 29.3 Å². The van der Waals surface area contributed by atoms with Crippen LogP contribution in [0, 0.1) is 0 Å². The summed E-state index contributed by atoms with van der Waals surface area (Å²) in [6, 6.07) is 5.12. The predicted molar refractivity (Wildman–Crippen MR) is 78.9 cm³/mol. The molecular formula is C14H19BrN2O2. The minimum atomic E-state index is -0.713. The van der Waals surface area contributed by atoms with Crippen LogP contribution in [-0.4, -0.2) is 35.1 Å². The molecule has 19 heavy (non-hydrogen) atoms. The summed E-state index contributed by atoms with van der Waals surface area (Å²) < 4.78 is 0.714. The van der Waals surface area contributed by atoms with Crippen LogP contribution in [0.15, 0.2) is 22.7 Å². The zero-order valence-corrected chi connectivity index (χ0v) is 12.6. The van der Waals surface area contributed by atoms with Gasteiger partial charge in [-0.3, -0.25) is 4.79 Å². The summed E-state index contributed by atoms with van der Waals surface area (Å²) in [4.78, 5) is 13.9. The standard InChI is InChI=1S/C14H19BrN2O2/c1-17(9-14(19)6-2-3-7-14)13(18)10-4-5-12(16)11(15)8-10/h4-5,8,19H,2-3,6-7,9,16H2,1H3. The molecule has 4 nitrogen and oxygen atoms in total. The van der Waals surface area contributed by atoms with Gasteiger partial charge >= 0.3 is 0 Å². The minimum absolute atomic E-state index is 0.0963. The van der Waals surface area contributed by atoms with E-state index >= 15 is 0 Å². The number of hydrogen-bond acceptors (Lipinski definition) is 3. The summed E-state index contributed by atoms with van der Waals surface area (Å²) in [7, 11) is 1.73. The van der Waals surface area contributed by atoms with Crippen molar-refractivity contribution in [2.75, 3.05) is 19.3 Å². The maximum atomic E-state index is 12.3. The highest BCUT2D eigenvalue weighted by molar-refractivity contribution is 9.10. The third-order valence-electron chi connectivity index (χ3n) is 3.66. The molecule has 0 heterocycles. The number of nitrogens with two attached hydrogens (primary N) is 1. The number of hydrogen-bond donors (Lipinski definition) is 2. The van der Waals surface area contributed by atoms with E-state index in [-0.39, 0.29) is 5.91 Å². The van der Waals surface area contributed by atoms with Gasteiger partial charge in [-0.1, -0.05) is 12.8 Å². The number of halogens is 1. The quantitative estimate of drug-likeness (QED) is 0.838. The summed E-state index contributed by atoms with van der Waals surface area (Å²) in [6.45, 7) is 0.383. The van der Waals surface area contributed by atoms with Crippen molar-refractivity contribution in [3.05, 3.63) is 28.2 Å². The van der Waals surface area contributed by atoms with Crippen molar-refractivity contribution in [3.63, 3.8) is 0 Å². The van der Waals surface area contributed by atoms with Crippen LogP contribution < -0.4 is 5.73 Å².